The summed E-state index contributed by atoms with van der Waals surface area (Å²) in [4.78, 5) is 23.3. The Morgan fingerprint density at radius 1 is 1.50 bits per heavy atom. The number of likely N-dealkylation sites (N-methyl/N-ethyl adjacent to an activating group) is 1. The van der Waals surface area contributed by atoms with Gasteiger partial charge >= 0.3 is 0 Å². The van der Waals surface area contributed by atoms with Crippen LogP contribution in [0.4, 0.5) is 11.4 Å². The number of hydrogen-bond acceptors (Lipinski definition) is 5. The molecule has 0 aliphatic carbocycles. The molecule has 18 heavy (non-hydrogen) atoms. The van der Waals surface area contributed by atoms with E-state index in [1.54, 1.807) is 7.05 Å². The van der Waals surface area contributed by atoms with Crippen molar-refractivity contribution in [3.63, 3.8) is 0 Å². The molecule has 1 rings (SSSR count). The van der Waals surface area contributed by atoms with Crippen molar-refractivity contribution in [1.82, 2.24) is 0 Å². The van der Waals surface area contributed by atoms with Crippen LogP contribution >= 0.6 is 0 Å². The Balaban J connectivity index is 2.86. The van der Waals surface area contributed by atoms with E-state index in [-0.39, 0.29) is 18.1 Å². The van der Waals surface area contributed by atoms with Crippen LogP contribution in [-0.2, 0) is 9.53 Å². The quantitative estimate of drug-likeness (QED) is 0.609. The number of nitrogens with zero attached hydrogens (tertiary/aromatic N) is 2. The fraction of sp³-hybridized carbons (Fsp3) is 0.364. The summed E-state index contributed by atoms with van der Waals surface area (Å²) in [5, 5.41) is 10.5. The number of carbonyl (C=O) groups excluding carboxylic acids is 1. The number of amides is 1. The maximum absolute atomic E-state index is 11.9. The van der Waals surface area contributed by atoms with Crippen LogP contribution in [-0.4, -0.2) is 37.6 Å². The van der Waals surface area contributed by atoms with Crippen LogP contribution < -0.4 is 10.6 Å². The molecule has 0 saturated heterocycles. The van der Waals surface area contributed by atoms with Crippen LogP contribution in [0.5, 0.6) is 0 Å². The number of rotatable bonds is 5. The first-order valence-corrected chi connectivity index (χ1v) is 5.26. The third kappa shape index (κ3) is 3.02. The van der Waals surface area contributed by atoms with Crippen LogP contribution in [0.3, 0.4) is 0 Å². The predicted molar refractivity (Wildman–Crippen MR) is 66.4 cm³/mol. The first-order valence-electron chi connectivity index (χ1n) is 5.26. The second-order valence-corrected chi connectivity index (χ2v) is 3.63. The van der Waals surface area contributed by atoms with Crippen molar-refractivity contribution in [1.29, 1.82) is 0 Å². The van der Waals surface area contributed by atoms with Gasteiger partial charge in [0.1, 0.15) is 6.10 Å². The number of hydrogen-bond donors (Lipinski definition) is 1. The molecule has 0 fully saturated rings. The van der Waals surface area contributed by atoms with E-state index in [4.69, 9.17) is 10.5 Å². The van der Waals surface area contributed by atoms with Gasteiger partial charge in [-0.05, 0) is 12.1 Å². The van der Waals surface area contributed by atoms with E-state index in [2.05, 4.69) is 0 Å². The lowest BCUT2D eigenvalue weighted by molar-refractivity contribution is -0.384. The fourth-order valence-corrected chi connectivity index (χ4v) is 1.44. The zero-order chi connectivity index (χ0) is 13.7. The summed E-state index contributed by atoms with van der Waals surface area (Å²) < 4.78 is 4.94. The zero-order valence-electron chi connectivity index (χ0n) is 10.2. The van der Waals surface area contributed by atoms with Gasteiger partial charge in [-0.2, -0.15) is 0 Å². The molecule has 0 bridgehead atoms. The van der Waals surface area contributed by atoms with Crippen molar-refractivity contribution in [3.05, 3.63) is 34.4 Å². The molecule has 0 aromatic heterocycles. The van der Waals surface area contributed by atoms with Gasteiger partial charge in [-0.25, -0.2) is 0 Å². The lowest BCUT2D eigenvalue weighted by atomic mass is 10.2. The third-order valence-corrected chi connectivity index (χ3v) is 2.55. The van der Waals surface area contributed by atoms with Crippen molar-refractivity contribution in [2.24, 2.45) is 5.73 Å². The predicted octanol–water partition coefficient (Wildman–Crippen LogP) is 0.531. The van der Waals surface area contributed by atoms with Gasteiger partial charge in [0.15, 0.2) is 0 Å². The zero-order valence-corrected chi connectivity index (χ0v) is 10.2. The lowest BCUT2D eigenvalue weighted by Crippen LogP contribution is -2.41. The highest BCUT2D eigenvalue weighted by molar-refractivity contribution is 5.96. The Hall–Kier alpha value is -1.99. The van der Waals surface area contributed by atoms with Crippen molar-refractivity contribution in [2.45, 2.75) is 6.10 Å². The highest BCUT2D eigenvalue weighted by atomic mass is 16.6. The maximum atomic E-state index is 11.9. The summed E-state index contributed by atoms with van der Waals surface area (Å²) in [6, 6.07) is 5.67. The Bertz CT molecular complexity index is 428. The molecule has 0 spiro atoms. The molecule has 0 aliphatic heterocycles. The highest BCUT2D eigenvalue weighted by Crippen LogP contribution is 2.19. The molecule has 0 aliphatic rings. The molecule has 1 atom stereocenters. The van der Waals surface area contributed by atoms with Crippen molar-refractivity contribution in [3.8, 4) is 0 Å². The topological polar surface area (TPSA) is 98.7 Å². The molecule has 98 valence electrons. The Kier molecular flexibility index (Phi) is 4.75. The number of nitro benzene ring substituents is 1. The minimum absolute atomic E-state index is 0.0262. The molecule has 2 N–H and O–H groups in total. The first-order chi connectivity index (χ1) is 8.51. The molecule has 0 radical (unpaired) electrons. The number of non-ortho nitro benzene ring substituents is 1. The van der Waals surface area contributed by atoms with Gasteiger partial charge in [-0.15, -0.1) is 0 Å². The summed E-state index contributed by atoms with van der Waals surface area (Å²) >= 11 is 0. The van der Waals surface area contributed by atoms with Gasteiger partial charge < -0.3 is 15.4 Å². The van der Waals surface area contributed by atoms with Gasteiger partial charge in [0.05, 0.1) is 4.92 Å². The fourth-order valence-electron chi connectivity index (χ4n) is 1.44. The Labute approximate surface area is 104 Å². The van der Waals surface area contributed by atoms with E-state index in [1.165, 1.54) is 36.3 Å². The summed E-state index contributed by atoms with van der Waals surface area (Å²) in [6.07, 6.45) is -0.717. The molecule has 0 heterocycles. The average molecular weight is 253 g/mol. The van der Waals surface area contributed by atoms with Crippen molar-refractivity contribution in [2.75, 3.05) is 25.6 Å². The number of anilines is 1. The largest absolute Gasteiger partial charge is 0.370 e. The van der Waals surface area contributed by atoms with Gasteiger partial charge in [-0.1, -0.05) is 0 Å². The standard InChI is InChI=1S/C11H15N3O4/c1-13(11(15)10(7-12)18-2)8-3-5-9(6-4-8)14(16)17/h3-6,10H,7,12H2,1-2H3. The summed E-state index contributed by atoms with van der Waals surface area (Å²) in [6.45, 7) is 0.0760. The van der Waals surface area contributed by atoms with Gasteiger partial charge in [0, 0.05) is 38.5 Å². The number of nitrogens with two attached hydrogens (primary N) is 1. The van der Waals surface area contributed by atoms with Crippen LogP contribution in [0.2, 0.25) is 0 Å². The molecule has 1 aromatic rings. The molecule has 7 heteroatoms. The molecule has 1 amide bonds. The average Bonchev–Trinajstić information content (AvgIpc) is 2.39. The molecule has 1 aromatic carbocycles. The smallest absolute Gasteiger partial charge is 0.269 e. The van der Waals surface area contributed by atoms with E-state index < -0.39 is 11.0 Å². The van der Waals surface area contributed by atoms with Gasteiger partial charge in [-0.3, -0.25) is 14.9 Å². The number of ether oxygens (including phenoxy) is 1. The molecule has 0 saturated carbocycles. The van der Waals surface area contributed by atoms with Crippen LogP contribution in [0.1, 0.15) is 0 Å². The van der Waals surface area contributed by atoms with Gasteiger partial charge in [0.25, 0.3) is 11.6 Å². The third-order valence-electron chi connectivity index (χ3n) is 2.55. The second-order valence-electron chi connectivity index (χ2n) is 3.63. The number of carbonyl (C=O) groups is 1. The second kappa shape index (κ2) is 6.08. The van der Waals surface area contributed by atoms with E-state index in [0.29, 0.717) is 5.69 Å². The van der Waals surface area contributed by atoms with E-state index in [1.807, 2.05) is 0 Å². The normalized spacial score (nSPS) is 11.9. The lowest BCUT2D eigenvalue weighted by Gasteiger charge is -2.21. The monoisotopic (exact) mass is 253 g/mol. The van der Waals surface area contributed by atoms with Crippen LogP contribution in [0, 0.1) is 10.1 Å². The van der Waals surface area contributed by atoms with Crippen molar-refractivity contribution >= 4 is 17.3 Å². The molecular weight excluding hydrogens is 238 g/mol. The summed E-state index contributed by atoms with van der Waals surface area (Å²) in [5.41, 5.74) is 5.92. The minimum Gasteiger partial charge on any atom is -0.370 e. The first kappa shape index (κ1) is 14.1. The molecule has 7 nitrogen and oxygen atoms in total. The molecular formula is C11H15N3O4. The SMILES string of the molecule is COC(CN)C(=O)N(C)c1ccc([N+](=O)[O-])cc1. The van der Waals surface area contributed by atoms with Crippen LogP contribution in [0.25, 0.3) is 0 Å². The minimum atomic E-state index is -0.717. The number of methoxy groups -OCH3 is 1. The van der Waals surface area contributed by atoms with E-state index >= 15 is 0 Å². The van der Waals surface area contributed by atoms with Crippen molar-refractivity contribution < 1.29 is 14.5 Å². The summed E-state index contributed by atoms with van der Waals surface area (Å²) in [7, 11) is 2.96. The Morgan fingerprint density at radius 3 is 2.44 bits per heavy atom. The van der Waals surface area contributed by atoms with E-state index in [0.717, 1.165) is 0 Å². The number of nitro groups is 1. The molecule has 1 unspecified atom stereocenters. The van der Waals surface area contributed by atoms with Crippen LogP contribution in [0.15, 0.2) is 24.3 Å². The van der Waals surface area contributed by atoms with E-state index in [9.17, 15) is 14.9 Å². The summed E-state index contributed by atoms with van der Waals surface area (Å²) in [5.74, 6) is -0.297. The van der Waals surface area contributed by atoms with Gasteiger partial charge in [0.2, 0.25) is 0 Å². The number of benzene rings is 1. The Morgan fingerprint density at radius 2 is 2.06 bits per heavy atom. The maximum Gasteiger partial charge on any atom is 0.269 e. The highest BCUT2D eigenvalue weighted by Gasteiger charge is 2.21.